The maximum atomic E-state index is 13.0. The molecule has 0 spiro atoms. The van der Waals surface area contributed by atoms with Crippen molar-refractivity contribution in [2.45, 2.75) is 26.7 Å². The summed E-state index contributed by atoms with van der Waals surface area (Å²) in [6.45, 7) is 3.64. The largest absolute Gasteiger partial charge is 0.350 e. The molecule has 10 nitrogen and oxygen atoms in total. The van der Waals surface area contributed by atoms with Crippen LogP contribution >= 0.6 is 0 Å². The molecule has 1 aromatic rings. The number of carbonyl (C=O) groups is 3. The summed E-state index contributed by atoms with van der Waals surface area (Å²) in [4.78, 5) is 37.3. The molecule has 4 N–H and O–H groups in total. The van der Waals surface area contributed by atoms with E-state index in [1.54, 1.807) is 17.6 Å². The lowest BCUT2D eigenvalue weighted by molar-refractivity contribution is -0.141. The van der Waals surface area contributed by atoms with Gasteiger partial charge in [0, 0.05) is 6.54 Å². The van der Waals surface area contributed by atoms with Crippen LogP contribution in [0.5, 0.6) is 0 Å². The number of hydroxylamine groups is 1. The van der Waals surface area contributed by atoms with Gasteiger partial charge in [0.05, 0.1) is 17.6 Å². The fraction of sp³-hybridized carbons (Fsp3) is 0.450. The zero-order valence-electron chi connectivity index (χ0n) is 17.4. The van der Waals surface area contributed by atoms with Gasteiger partial charge in [0.15, 0.2) is 0 Å². The molecule has 1 heterocycles. The standard InChI is InChI=1S/C20H28N4O6S/c1-14(2)13-17(18(25)22-24-20(27)21-11-12-31(24,29)30)16(19(26)23-28)10-6-9-15-7-4-3-5-8-15/h3-9,14,16-17,28H,10-13H2,1-2H3,(H,21,27)(H,22,25)(H,23,26)/b9-6+/t16-,17+/m0/s1. The number of hydrogen-bond donors (Lipinski definition) is 4. The first-order valence-electron chi connectivity index (χ1n) is 9.92. The average Bonchev–Trinajstić information content (AvgIpc) is 2.72. The molecule has 0 saturated carbocycles. The van der Waals surface area contributed by atoms with Gasteiger partial charge in [0.2, 0.25) is 11.8 Å². The van der Waals surface area contributed by atoms with Crippen LogP contribution in [0.3, 0.4) is 0 Å². The van der Waals surface area contributed by atoms with Crippen molar-refractivity contribution < 1.29 is 28.0 Å². The highest BCUT2D eigenvalue weighted by Crippen LogP contribution is 2.26. The van der Waals surface area contributed by atoms with Gasteiger partial charge in [-0.2, -0.15) is 0 Å². The number of nitrogens with one attached hydrogen (secondary N) is 3. The van der Waals surface area contributed by atoms with E-state index in [9.17, 15) is 28.0 Å². The first-order chi connectivity index (χ1) is 14.7. The molecule has 2 rings (SSSR count). The molecule has 0 aliphatic carbocycles. The molecule has 1 aliphatic heterocycles. The Morgan fingerprint density at radius 1 is 1.19 bits per heavy atom. The maximum Gasteiger partial charge on any atom is 0.350 e. The van der Waals surface area contributed by atoms with Crippen molar-refractivity contribution in [3.63, 3.8) is 0 Å². The average molecular weight is 453 g/mol. The molecule has 170 valence electrons. The number of hydrogen-bond acceptors (Lipinski definition) is 6. The number of allylic oxidation sites excluding steroid dienone is 1. The second-order valence-electron chi connectivity index (χ2n) is 7.66. The van der Waals surface area contributed by atoms with Crippen LogP contribution in [-0.4, -0.2) is 48.2 Å². The van der Waals surface area contributed by atoms with Crippen molar-refractivity contribution in [1.29, 1.82) is 0 Å². The van der Waals surface area contributed by atoms with Gasteiger partial charge in [0.25, 0.3) is 10.0 Å². The van der Waals surface area contributed by atoms with Crippen molar-refractivity contribution in [3.8, 4) is 0 Å². The first-order valence-corrected chi connectivity index (χ1v) is 11.5. The molecule has 1 saturated heterocycles. The van der Waals surface area contributed by atoms with Crippen LogP contribution in [0, 0.1) is 17.8 Å². The second kappa shape index (κ2) is 10.9. The Balaban J connectivity index is 2.25. The van der Waals surface area contributed by atoms with E-state index in [1.807, 2.05) is 44.2 Å². The van der Waals surface area contributed by atoms with E-state index < -0.39 is 39.7 Å². The maximum absolute atomic E-state index is 13.0. The quantitative estimate of drug-likeness (QED) is 0.328. The van der Waals surface area contributed by atoms with Gasteiger partial charge in [-0.25, -0.2) is 24.1 Å². The summed E-state index contributed by atoms with van der Waals surface area (Å²) in [5.41, 5.74) is 4.62. The van der Waals surface area contributed by atoms with E-state index in [0.717, 1.165) is 5.56 Å². The van der Waals surface area contributed by atoms with E-state index in [-0.39, 0.29) is 35.5 Å². The summed E-state index contributed by atoms with van der Waals surface area (Å²) in [6.07, 6.45) is 3.84. The van der Waals surface area contributed by atoms with Crippen LogP contribution in [-0.2, 0) is 19.6 Å². The van der Waals surface area contributed by atoms with E-state index in [4.69, 9.17) is 0 Å². The number of amides is 4. The highest BCUT2D eigenvalue weighted by Gasteiger charge is 2.38. The molecule has 0 unspecified atom stereocenters. The van der Waals surface area contributed by atoms with Gasteiger partial charge in [-0.1, -0.05) is 56.3 Å². The van der Waals surface area contributed by atoms with E-state index >= 15 is 0 Å². The molecule has 0 bridgehead atoms. The highest BCUT2D eigenvalue weighted by molar-refractivity contribution is 7.89. The SMILES string of the molecule is CC(C)C[C@@H](C(=O)NN1C(=O)NCCS1(=O)=O)[C@H](C/C=C/c1ccccc1)C(=O)NO. The number of nitrogens with zero attached hydrogens (tertiary/aromatic N) is 1. The summed E-state index contributed by atoms with van der Waals surface area (Å²) in [5.74, 6) is -3.91. The third-order valence-electron chi connectivity index (χ3n) is 4.81. The van der Waals surface area contributed by atoms with Crippen molar-refractivity contribution in [2.75, 3.05) is 12.3 Å². The minimum absolute atomic E-state index is 0.0189. The Labute approximate surface area is 181 Å². The summed E-state index contributed by atoms with van der Waals surface area (Å²) >= 11 is 0. The van der Waals surface area contributed by atoms with Crippen molar-refractivity contribution >= 4 is 33.9 Å². The number of benzene rings is 1. The first kappa shape index (κ1) is 24.4. The fourth-order valence-electron chi connectivity index (χ4n) is 3.29. The topological polar surface area (TPSA) is 145 Å². The van der Waals surface area contributed by atoms with Crippen molar-refractivity contribution in [1.82, 2.24) is 20.6 Å². The lowest BCUT2D eigenvalue weighted by Crippen LogP contribution is -2.60. The van der Waals surface area contributed by atoms with Crippen LogP contribution in [0.4, 0.5) is 4.79 Å². The highest BCUT2D eigenvalue weighted by atomic mass is 32.2. The van der Waals surface area contributed by atoms with Crippen molar-refractivity contribution in [3.05, 3.63) is 42.0 Å². The Kier molecular flexibility index (Phi) is 8.57. The molecule has 4 amide bonds. The Hall–Kier alpha value is -2.92. The minimum atomic E-state index is -4.01. The summed E-state index contributed by atoms with van der Waals surface area (Å²) in [7, 11) is -4.01. The zero-order valence-corrected chi connectivity index (χ0v) is 18.3. The van der Waals surface area contributed by atoms with Gasteiger partial charge in [-0.05, 0) is 24.3 Å². The van der Waals surface area contributed by atoms with Crippen LogP contribution in [0.2, 0.25) is 0 Å². The molecular weight excluding hydrogens is 424 g/mol. The normalized spacial score (nSPS) is 17.8. The number of hydrazine groups is 1. The molecule has 11 heteroatoms. The molecule has 0 aromatic heterocycles. The van der Waals surface area contributed by atoms with Crippen LogP contribution in [0.25, 0.3) is 6.08 Å². The van der Waals surface area contributed by atoms with Crippen LogP contribution < -0.4 is 16.2 Å². The van der Waals surface area contributed by atoms with Gasteiger partial charge in [-0.15, -0.1) is 4.41 Å². The third kappa shape index (κ3) is 6.79. The van der Waals surface area contributed by atoms with Crippen molar-refractivity contribution in [2.24, 2.45) is 17.8 Å². The number of carbonyl (C=O) groups excluding carboxylic acids is 3. The predicted molar refractivity (Wildman–Crippen MR) is 114 cm³/mol. The summed E-state index contributed by atoms with van der Waals surface area (Å²) in [5, 5.41) is 11.6. The summed E-state index contributed by atoms with van der Waals surface area (Å²) in [6, 6.07) is 8.36. The smallest absolute Gasteiger partial charge is 0.335 e. The summed E-state index contributed by atoms with van der Waals surface area (Å²) < 4.78 is 24.6. The molecule has 2 atom stereocenters. The molecule has 31 heavy (non-hydrogen) atoms. The number of rotatable bonds is 9. The van der Waals surface area contributed by atoms with Gasteiger partial charge in [-0.3, -0.25) is 14.8 Å². The second-order valence-corrected chi connectivity index (χ2v) is 9.59. The van der Waals surface area contributed by atoms with Gasteiger partial charge < -0.3 is 5.32 Å². The lowest BCUT2D eigenvalue weighted by atomic mass is 9.82. The Morgan fingerprint density at radius 2 is 1.87 bits per heavy atom. The van der Waals surface area contributed by atoms with E-state index in [0.29, 0.717) is 0 Å². The van der Waals surface area contributed by atoms with Crippen LogP contribution in [0.1, 0.15) is 32.3 Å². The zero-order chi connectivity index (χ0) is 23.0. The lowest BCUT2D eigenvalue weighted by Gasteiger charge is -2.31. The number of sulfonamides is 1. The molecule has 1 aliphatic rings. The fourth-order valence-corrected chi connectivity index (χ4v) is 4.38. The number of urea groups is 1. The minimum Gasteiger partial charge on any atom is -0.335 e. The van der Waals surface area contributed by atoms with E-state index in [2.05, 4.69) is 10.7 Å². The molecular formula is C20H28N4O6S. The predicted octanol–water partition coefficient (Wildman–Crippen LogP) is 1.26. The van der Waals surface area contributed by atoms with Crippen LogP contribution in [0.15, 0.2) is 36.4 Å². The molecule has 1 fully saturated rings. The molecule has 1 aromatic carbocycles. The Bertz CT molecular complexity index is 917. The monoisotopic (exact) mass is 452 g/mol. The Morgan fingerprint density at radius 3 is 2.45 bits per heavy atom. The molecule has 0 radical (unpaired) electrons. The van der Waals surface area contributed by atoms with E-state index in [1.165, 1.54) is 0 Å². The van der Waals surface area contributed by atoms with Gasteiger partial charge >= 0.3 is 6.03 Å². The van der Waals surface area contributed by atoms with Gasteiger partial charge in [0.1, 0.15) is 0 Å². The third-order valence-corrected chi connectivity index (χ3v) is 6.34.